The van der Waals surface area contributed by atoms with Gasteiger partial charge in [-0.05, 0) is 43.7 Å². The van der Waals surface area contributed by atoms with Gasteiger partial charge in [0.1, 0.15) is 5.41 Å². The van der Waals surface area contributed by atoms with Crippen LogP contribution in [0.1, 0.15) is 24.4 Å². The lowest BCUT2D eigenvalue weighted by Crippen LogP contribution is -2.50. The zero-order valence-corrected chi connectivity index (χ0v) is 14.6. The maximum atomic E-state index is 12.8. The lowest BCUT2D eigenvalue weighted by molar-refractivity contribution is -0.123. The predicted molar refractivity (Wildman–Crippen MR) is 96.6 cm³/mol. The normalized spacial score (nSPS) is 22.0. The van der Waals surface area contributed by atoms with E-state index in [0.717, 1.165) is 36.3 Å². The molecule has 3 aromatic heterocycles. The molecule has 5 rings (SSSR count). The summed E-state index contributed by atoms with van der Waals surface area (Å²) in [6.45, 7) is 1.97. The highest BCUT2D eigenvalue weighted by atomic mass is 16.4. The van der Waals surface area contributed by atoms with E-state index in [-0.39, 0.29) is 5.91 Å². The molecule has 3 aromatic rings. The van der Waals surface area contributed by atoms with Gasteiger partial charge in [0.05, 0.1) is 23.5 Å². The molecule has 0 saturated carbocycles. The van der Waals surface area contributed by atoms with Crippen molar-refractivity contribution >= 4 is 11.6 Å². The minimum atomic E-state index is -0.596. The van der Waals surface area contributed by atoms with Crippen molar-refractivity contribution in [3.63, 3.8) is 0 Å². The summed E-state index contributed by atoms with van der Waals surface area (Å²) in [6, 6.07) is 7.46. The summed E-state index contributed by atoms with van der Waals surface area (Å²) in [7, 11) is 0. The number of carbonyl (C=O) groups excluding carboxylic acids is 1. The number of pyridine rings is 2. The average Bonchev–Trinajstić information content (AvgIpc) is 3.27. The molecule has 136 valence electrons. The van der Waals surface area contributed by atoms with Gasteiger partial charge < -0.3 is 9.73 Å². The lowest BCUT2D eigenvalue weighted by atomic mass is 9.77. The molecule has 0 aliphatic carbocycles. The van der Waals surface area contributed by atoms with E-state index in [1.807, 2.05) is 24.3 Å². The van der Waals surface area contributed by atoms with Gasteiger partial charge in [0.25, 0.3) is 0 Å². The number of fused-ring (bicyclic) bond motifs is 2. The van der Waals surface area contributed by atoms with Gasteiger partial charge >= 0.3 is 0 Å². The molecule has 0 bridgehead atoms. The third-order valence-corrected chi connectivity index (χ3v) is 5.25. The molecule has 2 aliphatic rings. The number of carbonyl (C=O) groups is 1. The summed E-state index contributed by atoms with van der Waals surface area (Å²) >= 11 is 0. The van der Waals surface area contributed by atoms with Crippen molar-refractivity contribution in [1.29, 1.82) is 0 Å². The van der Waals surface area contributed by atoms with E-state index in [9.17, 15) is 4.79 Å². The van der Waals surface area contributed by atoms with Crippen LogP contribution in [0.3, 0.4) is 0 Å². The SMILES string of the molecule is O=C1Nc2cccnc2C12CCCN(Cc1nnc(-c3cccnc3)o1)C2. The number of nitrogens with zero attached hydrogens (tertiary/aromatic N) is 5. The summed E-state index contributed by atoms with van der Waals surface area (Å²) in [5, 5.41) is 11.3. The van der Waals surface area contributed by atoms with Gasteiger partial charge in [-0.3, -0.25) is 19.7 Å². The van der Waals surface area contributed by atoms with Gasteiger partial charge in [0, 0.05) is 25.1 Å². The zero-order valence-electron chi connectivity index (χ0n) is 14.6. The minimum Gasteiger partial charge on any atom is -0.419 e. The minimum absolute atomic E-state index is 0.0301. The van der Waals surface area contributed by atoms with Crippen molar-refractivity contribution in [3.05, 3.63) is 54.4 Å². The van der Waals surface area contributed by atoms with Crippen molar-refractivity contribution in [2.24, 2.45) is 0 Å². The van der Waals surface area contributed by atoms with Gasteiger partial charge in [-0.25, -0.2) is 0 Å². The second-order valence-corrected chi connectivity index (χ2v) is 6.99. The second-order valence-electron chi connectivity index (χ2n) is 6.99. The van der Waals surface area contributed by atoms with Crippen LogP contribution in [-0.2, 0) is 16.8 Å². The van der Waals surface area contributed by atoms with Crippen molar-refractivity contribution in [3.8, 4) is 11.5 Å². The summed E-state index contributed by atoms with van der Waals surface area (Å²) in [4.78, 5) is 23.5. The third-order valence-electron chi connectivity index (χ3n) is 5.25. The number of anilines is 1. The van der Waals surface area contributed by atoms with E-state index >= 15 is 0 Å². The fraction of sp³-hybridized carbons (Fsp3) is 0.316. The highest BCUT2D eigenvalue weighted by Gasteiger charge is 2.50. The molecule has 1 N–H and O–H groups in total. The van der Waals surface area contributed by atoms with Crippen LogP contribution in [-0.4, -0.2) is 44.1 Å². The Morgan fingerprint density at radius 3 is 3.04 bits per heavy atom. The maximum absolute atomic E-state index is 12.8. The molecule has 0 aromatic carbocycles. The Hall–Kier alpha value is -3.13. The largest absolute Gasteiger partial charge is 0.419 e. The first-order chi connectivity index (χ1) is 13.2. The molecule has 1 unspecified atom stereocenters. The molecule has 1 fully saturated rings. The maximum Gasteiger partial charge on any atom is 0.249 e. The Kier molecular flexibility index (Phi) is 3.71. The van der Waals surface area contributed by atoms with E-state index in [4.69, 9.17) is 4.42 Å². The monoisotopic (exact) mass is 362 g/mol. The topological polar surface area (TPSA) is 97.0 Å². The van der Waals surface area contributed by atoms with E-state index in [1.165, 1.54) is 0 Å². The smallest absolute Gasteiger partial charge is 0.249 e. The molecule has 8 nitrogen and oxygen atoms in total. The number of amides is 1. The van der Waals surface area contributed by atoms with E-state index in [1.54, 1.807) is 18.6 Å². The molecule has 27 heavy (non-hydrogen) atoms. The summed E-state index contributed by atoms with van der Waals surface area (Å²) < 4.78 is 5.80. The molecule has 8 heteroatoms. The summed E-state index contributed by atoms with van der Waals surface area (Å²) in [5.74, 6) is 1.02. The molecule has 5 heterocycles. The third kappa shape index (κ3) is 2.69. The molecular weight excluding hydrogens is 344 g/mol. The zero-order chi connectivity index (χ0) is 18.3. The van der Waals surface area contributed by atoms with Crippen LogP contribution in [0, 0.1) is 0 Å². The number of hydrogen-bond donors (Lipinski definition) is 1. The standard InChI is InChI=1S/C19H18N6O2/c26-18-19(16-14(22-18)5-2-8-21-16)6-3-9-25(12-19)11-15-23-24-17(27-15)13-4-1-7-20-10-13/h1-2,4-5,7-8,10H,3,6,9,11-12H2,(H,22,26). The number of rotatable bonds is 3. The molecular formula is C19H18N6O2. The number of likely N-dealkylation sites (tertiary alicyclic amines) is 1. The van der Waals surface area contributed by atoms with Gasteiger partial charge in [0.15, 0.2) is 0 Å². The Labute approximate surface area is 155 Å². The molecule has 2 aliphatic heterocycles. The fourth-order valence-electron chi connectivity index (χ4n) is 4.01. The van der Waals surface area contributed by atoms with Crippen LogP contribution in [0.5, 0.6) is 0 Å². The number of aromatic nitrogens is 4. The van der Waals surface area contributed by atoms with Crippen molar-refractivity contribution in [2.45, 2.75) is 24.8 Å². The quantitative estimate of drug-likeness (QED) is 0.761. The van der Waals surface area contributed by atoms with Gasteiger partial charge in [-0.2, -0.15) is 0 Å². The first-order valence-corrected chi connectivity index (χ1v) is 8.97. The molecule has 0 radical (unpaired) electrons. The highest BCUT2D eigenvalue weighted by Crippen LogP contribution is 2.42. The van der Waals surface area contributed by atoms with Gasteiger partial charge in [-0.1, -0.05) is 0 Å². The molecule has 1 amide bonds. The van der Waals surface area contributed by atoms with Gasteiger partial charge in [0.2, 0.25) is 17.7 Å². The summed E-state index contributed by atoms with van der Waals surface area (Å²) in [6.07, 6.45) is 6.85. The van der Waals surface area contributed by atoms with E-state index < -0.39 is 5.41 Å². The molecule has 1 spiro atoms. The number of nitrogens with one attached hydrogen (secondary N) is 1. The predicted octanol–water partition coefficient (Wildman–Crippen LogP) is 2.01. The first-order valence-electron chi connectivity index (χ1n) is 8.97. The number of hydrogen-bond acceptors (Lipinski definition) is 7. The average molecular weight is 362 g/mol. The fourth-order valence-corrected chi connectivity index (χ4v) is 4.01. The number of piperidine rings is 1. The molecule has 1 atom stereocenters. The highest BCUT2D eigenvalue weighted by molar-refractivity contribution is 6.05. The lowest BCUT2D eigenvalue weighted by Gasteiger charge is -2.37. The molecule has 1 saturated heterocycles. The van der Waals surface area contributed by atoms with Crippen LogP contribution >= 0.6 is 0 Å². The van der Waals surface area contributed by atoms with Crippen LogP contribution in [0.4, 0.5) is 5.69 Å². The first kappa shape index (κ1) is 16.1. The van der Waals surface area contributed by atoms with Gasteiger partial charge in [-0.15, -0.1) is 10.2 Å². The second kappa shape index (κ2) is 6.24. The Morgan fingerprint density at radius 2 is 2.15 bits per heavy atom. The van der Waals surface area contributed by atoms with Crippen molar-refractivity contribution in [1.82, 2.24) is 25.1 Å². The Bertz CT molecular complexity index is 989. The van der Waals surface area contributed by atoms with E-state index in [2.05, 4.69) is 30.4 Å². The van der Waals surface area contributed by atoms with Crippen LogP contribution in [0.15, 0.2) is 47.3 Å². The Morgan fingerprint density at radius 1 is 1.22 bits per heavy atom. The van der Waals surface area contributed by atoms with Crippen LogP contribution in [0.25, 0.3) is 11.5 Å². The van der Waals surface area contributed by atoms with E-state index in [0.29, 0.717) is 24.9 Å². The Balaban J connectivity index is 1.37. The van der Waals surface area contributed by atoms with Crippen LogP contribution < -0.4 is 5.32 Å². The van der Waals surface area contributed by atoms with Crippen molar-refractivity contribution < 1.29 is 9.21 Å². The summed E-state index contributed by atoms with van der Waals surface area (Å²) in [5.41, 5.74) is 1.86. The van der Waals surface area contributed by atoms with Crippen LogP contribution in [0.2, 0.25) is 0 Å². The van der Waals surface area contributed by atoms with Crippen molar-refractivity contribution in [2.75, 3.05) is 18.4 Å².